The normalized spacial score (nSPS) is 16.9. The Labute approximate surface area is 240 Å². The van der Waals surface area contributed by atoms with E-state index in [2.05, 4.69) is 152 Å². The first-order chi connectivity index (χ1) is 20.8. The van der Waals surface area contributed by atoms with Gasteiger partial charge in [0.2, 0.25) is 6.20 Å². The van der Waals surface area contributed by atoms with Crippen LogP contribution >= 0.6 is 0 Å². The van der Waals surface area contributed by atoms with E-state index in [1.54, 1.807) is 0 Å². The fourth-order valence-corrected chi connectivity index (χ4v) is 8.04. The molecule has 0 N–H and O–H groups in total. The molecular formula is C37H22N4O+2. The Morgan fingerprint density at radius 3 is 2.24 bits per heavy atom. The van der Waals surface area contributed by atoms with Crippen LogP contribution in [0.4, 0.5) is 0 Å². The highest BCUT2D eigenvalue weighted by molar-refractivity contribution is 6.07. The molecule has 3 aliphatic rings. The van der Waals surface area contributed by atoms with E-state index < -0.39 is 5.66 Å². The van der Waals surface area contributed by atoms with Crippen molar-refractivity contribution in [1.82, 2.24) is 9.25 Å². The highest BCUT2D eigenvalue weighted by Gasteiger charge is 2.68. The molecule has 0 radical (unpaired) electrons. The number of hydrogen-bond donors (Lipinski definition) is 0. The van der Waals surface area contributed by atoms with Crippen LogP contribution in [-0.4, -0.2) is 9.25 Å². The summed E-state index contributed by atoms with van der Waals surface area (Å²) in [5, 5.41) is 4.98. The van der Waals surface area contributed by atoms with Gasteiger partial charge in [-0.15, -0.1) is 4.68 Å². The highest BCUT2D eigenvalue weighted by Crippen LogP contribution is 2.54. The molecule has 8 aromatic rings. The molecule has 6 heterocycles. The summed E-state index contributed by atoms with van der Waals surface area (Å²) < 4.78 is 16.4. The molecule has 1 unspecified atom stereocenters. The Hall–Kier alpha value is -5.68. The lowest BCUT2D eigenvalue weighted by molar-refractivity contribution is -0.987. The Balaban J connectivity index is 1.35. The molecule has 1 spiro atoms. The number of hydrogen-bond acceptors (Lipinski definition) is 1. The van der Waals surface area contributed by atoms with Crippen molar-refractivity contribution in [3.8, 4) is 34.0 Å². The van der Waals surface area contributed by atoms with Gasteiger partial charge >= 0.3 is 11.3 Å². The first kappa shape index (κ1) is 21.1. The van der Waals surface area contributed by atoms with Crippen molar-refractivity contribution in [2.45, 2.75) is 5.66 Å². The van der Waals surface area contributed by atoms with Crippen molar-refractivity contribution in [2.75, 3.05) is 0 Å². The second-order valence-electron chi connectivity index (χ2n) is 11.5. The minimum Gasteiger partial charge on any atom is -0.456 e. The van der Waals surface area contributed by atoms with E-state index in [0.29, 0.717) is 0 Å². The molecule has 1 atom stereocenters. The topological polar surface area (TPSA) is 26.8 Å². The van der Waals surface area contributed by atoms with Crippen LogP contribution in [-0.2, 0) is 5.66 Å². The van der Waals surface area contributed by atoms with E-state index in [-0.39, 0.29) is 0 Å². The van der Waals surface area contributed by atoms with E-state index in [9.17, 15) is 0 Å². The molecule has 5 aromatic carbocycles. The van der Waals surface area contributed by atoms with E-state index in [1.165, 1.54) is 49.4 Å². The first-order valence-electron chi connectivity index (χ1n) is 14.4. The van der Waals surface area contributed by atoms with Gasteiger partial charge in [0, 0.05) is 5.39 Å². The smallest absolute Gasteiger partial charge is 0.397 e. The van der Waals surface area contributed by atoms with Crippen LogP contribution < -0.4 is 14.0 Å². The van der Waals surface area contributed by atoms with Crippen LogP contribution in [0.1, 0.15) is 11.1 Å². The summed E-state index contributed by atoms with van der Waals surface area (Å²) in [6.07, 6.45) is 6.87. The molecule has 5 heteroatoms. The predicted molar refractivity (Wildman–Crippen MR) is 162 cm³/mol. The SMILES string of the molecule is c1cc2c3c(c1)-n1c4ccccc4c4ccc[n+](c41)C31c3c(cccc3-n3cc(-c4cccc5ccccc45)c[n+]31)O2. The van der Waals surface area contributed by atoms with Gasteiger partial charge in [-0.2, -0.15) is 9.13 Å². The average molecular weight is 539 g/mol. The van der Waals surface area contributed by atoms with Gasteiger partial charge in [0.25, 0.3) is 0 Å². The third kappa shape index (κ3) is 2.18. The quantitative estimate of drug-likeness (QED) is 0.207. The molecular weight excluding hydrogens is 516 g/mol. The first-order valence-corrected chi connectivity index (χ1v) is 14.4. The number of aromatic nitrogens is 4. The molecule has 0 amide bonds. The molecule has 0 bridgehead atoms. The molecule has 0 fully saturated rings. The molecule has 0 saturated heterocycles. The lowest BCUT2D eigenvalue weighted by Crippen LogP contribution is -2.76. The van der Waals surface area contributed by atoms with E-state index in [0.717, 1.165) is 28.4 Å². The molecule has 42 heavy (non-hydrogen) atoms. The van der Waals surface area contributed by atoms with Crippen molar-refractivity contribution in [3.63, 3.8) is 0 Å². The van der Waals surface area contributed by atoms with Crippen molar-refractivity contribution >= 4 is 32.7 Å². The van der Waals surface area contributed by atoms with Crippen LogP contribution in [0.25, 0.3) is 55.2 Å². The molecule has 0 saturated carbocycles. The van der Waals surface area contributed by atoms with Crippen molar-refractivity contribution in [2.24, 2.45) is 0 Å². The Bertz CT molecular complexity index is 2510. The Morgan fingerprint density at radius 1 is 0.619 bits per heavy atom. The molecule has 194 valence electrons. The van der Waals surface area contributed by atoms with Gasteiger partial charge in [0.15, 0.2) is 11.3 Å². The predicted octanol–water partition coefficient (Wildman–Crippen LogP) is 7.00. The molecule has 3 aromatic heterocycles. The summed E-state index contributed by atoms with van der Waals surface area (Å²) in [5.41, 5.74) is 8.73. The van der Waals surface area contributed by atoms with Crippen LogP contribution in [0.3, 0.4) is 0 Å². The Kier molecular flexibility index (Phi) is 3.50. The van der Waals surface area contributed by atoms with E-state index in [4.69, 9.17) is 4.74 Å². The summed E-state index contributed by atoms with van der Waals surface area (Å²) >= 11 is 0. The number of fused-ring (bicyclic) bond motifs is 7. The lowest BCUT2D eigenvalue weighted by Gasteiger charge is -2.32. The number of para-hydroxylation sites is 1. The van der Waals surface area contributed by atoms with Crippen LogP contribution in [0, 0.1) is 0 Å². The van der Waals surface area contributed by atoms with Gasteiger partial charge in [0.05, 0.1) is 23.3 Å². The summed E-state index contributed by atoms with van der Waals surface area (Å²) in [7, 11) is 0. The molecule has 5 nitrogen and oxygen atoms in total. The standard InChI is InChI=1S/C37H22N4O/c1-2-11-25-23(9-1)10-5-13-26(25)24-21-39-30-16-6-18-32-34(30)37(40(39)22-24)35-31(17-7-19-33(35)42-32)41-29-15-4-3-12-27(29)28-14-8-20-38(37)36(28)41/h1-22H/q+2. The maximum Gasteiger partial charge on any atom is 0.397 e. The number of pyridine rings is 1. The van der Waals surface area contributed by atoms with Crippen LogP contribution in [0.5, 0.6) is 11.5 Å². The maximum absolute atomic E-state index is 6.73. The minimum absolute atomic E-state index is 0.664. The molecule has 3 aliphatic heterocycles. The molecule has 11 rings (SSSR count). The summed E-state index contributed by atoms with van der Waals surface area (Å²) in [4.78, 5) is 0. The minimum atomic E-state index is -0.664. The van der Waals surface area contributed by atoms with Crippen molar-refractivity contribution < 1.29 is 14.0 Å². The highest BCUT2D eigenvalue weighted by atomic mass is 16.5. The van der Waals surface area contributed by atoms with Gasteiger partial charge in [0.1, 0.15) is 28.3 Å². The van der Waals surface area contributed by atoms with Gasteiger partial charge in [-0.3, -0.25) is 0 Å². The third-order valence-corrected chi connectivity index (χ3v) is 9.56. The van der Waals surface area contributed by atoms with Gasteiger partial charge < -0.3 is 4.74 Å². The fourth-order valence-electron chi connectivity index (χ4n) is 8.04. The number of rotatable bonds is 1. The number of benzene rings is 5. The van der Waals surface area contributed by atoms with Crippen molar-refractivity contribution in [3.05, 3.63) is 145 Å². The third-order valence-electron chi connectivity index (χ3n) is 9.56. The van der Waals surface area contributed by atoms with Gasteiger partial charge in [-0.05, 0) is 64.9 Å². The number of ether oxygens (including phenoxy) is 1. The summed E-state index contributed by atoms with van der Waals surface area (Å²) in [5.74, 6) is 1.79. The van der Waals surface area contributed by atoms with Gasteiger partial charge in [-0.1, -0.05) is 71.4 Å². The zero-order valence-electron chi connectivity index (χ0n) is 22.4. The summed E-state index contributed by atoms with van der Waals surface area (Å²) in [6, 6.07) is 41.3. The molecule has 0 aliphatic carbocycles. The van der Waals surface area contributed by atoms with E-state index >= 15 is 0 Å². The van der Waals surface area contributed by atoms with Crippen molar-refractivity contribution in [1.29, 1.82) is 0 Å². The van der Waals surface area contributed by atoms with Crippen LogP contribution in [0.2, 0.25) is 0 Å². The lowest BCUT2D eigenvalue weighted by atomic mass is 9.84. The maximum atomic E-state index is 6.73. The summed E-state index contributed by atoms with van der Waals surface area (Å²) in [6.45, 7) is 0. The fraction of sp³-hybridized carbons (Fsp3) is 0.0270. The number of nitrogens with zero attached hydrogens (tertiary/aromatic N) is 4. The Morgan fingerprint density at radius 2 is 1.33 bits per heavy atom. The largest absolute Gasteiger partial charge is 0.456 e. The second-order valence-corrected chi connectivity index (χ2v) is 11.5. The monoisotopic (exact) mass is 538 g/mol. The van der Waals surface area contributed by atoms with Gasteiger partial charge in [-0.25, -0.2) is 0 Å². The van der Waals surface area contributed by atoms with Crippen LogP contribution in [0.15, 0.2) is 134 Å². The zero-order valence-corrected chi connectivity index (χ0v) is 22.4. The average Bonchev–Trinajstić information content (AvgIpc) is 3.70. The zero-order chi connectivity index (χ0) is 27.2. The van der Waals surface area contributed by atoms with E-state index in [1.807, 2.05) is 0 Å². The second kappa shape index (κ2) is 6.96.